The first-order valence-electron chi connectivity index (χ1n) is 17.2. The third-order valence-electron chi connectivity index (χ3n) is 9.90. The van der Waals surface area contributed by atoms with Gasteiger partial charge in [0.15, 0.2) is 5.82 Å². The number of imidazole rings is 1. The fourth-order valence-corrected chi connectivity index (χ4v) is 7.35. The summed E-state index contributed by atoms with van der Waals surface area (Å²) in [5.41, 5.74) is 14.0. The van der Waals surface area contributed by atoms with Crippen molar-refractivity contribution in [3.8, 4) is 56.2 Å². The van der Waals surface area contributed by atoms with E-state index in [4.69, 9.17) is 15.0 Å². The highest BCUT2D eigenvalue weighted by atomic mass is 15.2. The minimum Gasteiger partial charge on any atom is -0.358 e. The first kappa shape index (κ1) is 29.1. The molecule has 6 aromatic carbocycles. The zero-order valence-electron chi connectivity index (χ0n) is 27.6. The monoisotopic (exact) mass is 653 g/mol. The van der Waals surface area contributed by atoms with E-state index in [1.54, 1.807) is 0 Å². The van der Waals surface area contributed by atoms with Crippen molar-refractivity contribution in [1.82, 2.24) is 19.4 Å². The molecule has 0 amide bonds. The Balaban J connectivity index is 0.989. The molecule has 5 heteroatoms. The topological polar surface area (TPSA) is 55.1 Å². The summed E-state index contributed by atoms with van der Waals surface area (Å²) < 4.78 is 2.14. The van der Waals surface area contributed by atoms with Crippen molar-refractivity contribution in [3.63, 3.8) is 0 Å². The lowest BCUT2D eigenvalue weighted by atomic mass is 9.89. The van der Waals surface area contributed by atoms with Crippen molar-refractivity contribution in [2.75, 3.05) is 5.32 Å². The van der Waals surface area contributed by atoms with Gasteiger partial charge in [-0.05, 0) is 57.6 Å². The van der Waals surface area contributed by atoms with Gasteiger partial charge in [0.25, 0.3) is 0 Å². The number of benzene rings is 6. The van der Waals surface area contributed by atoms with E-state index in [0.717, 1.165) is 56.0 Å². The molecule has 240 valence electrons. The highest BCUT2D eigenvalue weighted by molar-refractivity contribution is 5.94. The third kappa shape index (κ3) is 5.06. The molecule has 0 aliphatic carbocycles. The van der Waals surface area contributed by atoms with Gasteiger partial charge in [-0.15, -0.1) is 0 Å². The molecular formula is C46H31N5. The third-order valence-corrected chi connectivity index (χ3v) is 9.90. The largest absolute Gasteiger partial charge is 0.358 e. The summed E-state index contributed by atoms with van der Waals surface area (Å²) in [5.74, 6) is 1.73. The molecule has 10 rings (SSSR count). The van der Waals surface area contributed by atoms with Crippen LogP contribution in [0.1, 0.15) is 17.2 Å². The number of nitrogens with zero attached hydrogens (tertiary/aromatic N) is 4. The van der Waals surface area contributed by atoms with Gasteiger partial charge in [0.2, 0.25) is 0 Å². The highest BCUT2D eigenvalue weighted by Gasteiger charge is 2.28. The Morgan fingerprint density at radius 1 is 0.471 bits per heavy atom. The molecule has 1 unspecified atom stereocenters. The number of rotatable bonds is 5. The summed E-state index contributed by atoms with van der Waals surface area (Å²) in [7, 11) is 0. The number of pyridine rings is 1. The van der Waals surface area contributed by atoms with Gasteiger partial charge in [-0.3, -0.25) is 4.40 Å². The minimum atomic E-state index is 0.000343. The lowest BCUT2D eigenvalue weighted by Gasteiger charge is -2.28. The van der Waals surface area contributed by atoms with Crippen LogP contribution >= 0.6 is 0 Å². The number of fused-ring (bicyclic) bond motifs is 6. The summed E-state index contributed by atoms with van der Waals surface area (Å²) in [5, 5.41) is 4.85. The maximum Gasteiger partial charge on any atom is 0.160 e. The fraction of sp³-hybridized carbons (Fsp3) is 0.0217. The molecule has 1 aliphatic heterocycles. The van der Waals surface area contributed by atoms with E-state index < -0.39 is 0 Å². The zero-order chi connectivity index (χ0) is 33.7. The van der Waals surface area contributed by atoms with Gasteiger partial charge < -0.3 is 5.32 Å². The van der Waals surface area contributed by atoms with Gasteiger partial charge in [-0.2, -0.15) is 0 Å². The quantitative estimate of drug-likeness (QED) is 0.201. The fourth-order valence-electron chi connectivity index (χ4n) is 7.35. The first-order chi connectivity index (χ1) is 25.3. The average Bonchev–Trinajstić information content (AvgIpc) is 3.60. The van der Waals surface area contributed by atoms with Gasteiger partial charge in [0, 0.05) is 28.3 Å². The first-order valence-corrected chi connectivity index (χ1v) is 17.2. The average molecular weight is 654 g/mol. The summed E-state index contributed by atoms with van der Waals surface area (Å²) in [6, 6.07) is 59.5. The number of hydrogen-bond acceptors (Lipinski definition) is 4. The molecule has 1 aliphatic rings. The number of anilines is 1. The number of para-hydroxylation sites is 1. The van der Waals surface area contributed by atoms with E-state index >= 15 is 0 Å². The summed E-state index contributed by atoms with van der Waals surface area (Å²) in [4.78, 5) is 15.2. The lowest BCUT2D eigenvalue weighted by Crippen LogP contribution is -2.18. The highest BCUT2D eigenvalue weighted by Crippen LogP contribution is 2.43. The predicted molar refractivity (Wildman–Crippen MR) is 207 cm³/mol. The summed E-state index contributed by atoms with van der Waals surface area (Å²) in [6.45, 7) is 0. The molecule has 1 atom stereocenters. The Bertz CT molecular complexity index is 2710. The standard InChI is InChI=1S/C46H31N5/c1-2-11-30(12-3-1)31-20-24-34(25-21-31)43-39-17-6-7-18-40(39)47-45(49-43)36-14-10-13-35(29-36)32-22-26-33(27-23-32)42-37-15-4-5-16-38(37)44-46(50-42)51-28-9-8-19-41(51)48-44/h1-29,42,50H. The van der Waals surface area contributed by atoms with Gasteiger partial charge >= 0.3 is 0 Å². The second-order valence-corrected chi connectivity index (χ2v) is 13.0. The van der Waals surface area contributed by atoms with Crippen LogP contribution in [0.25, 0.3) is 72.7 Å². The van der Waals surface area contributed by atoms with Gasteiger partial charge in [-0.1, -0.05) is 146 Å². The van der Waals surface area contributed by atoms with Gasteiger partial charge in [-0.25, -0.2) is 15.0 Å². The molecule has 0 bridgehead atoms. The molecule has 51 heavy (non-hydrogen) atoms. The van der Waals surface area contributed by atoms with Crippen molar-refractivity contribution >= 4 is 22.4 Å². The number of hydrogen-bond donors (Lipinski definition) is 1. The van der Waals surface area contributed by atoms with Crippen molar-refractivity contribution in [1.29, 1.82) is 0 Å². The molecule has 4 heterocycles. The Labute approximate surface area is 295 Å². The smallest absolute Gasteiger partial charge is 0.160 e. The Kier molecular flexibility index (Phi) is 6.81. The van der Waals surface area contributed by atoms with Crippen LogP contribution in [0.3, 0.4) is 0 Å². The molecule has 1 N–H and O–H groups in total. The molecule has 0 fully saturated rings. The van der Waals surface area contributed by atoms with E-state index in [1.165, 1.54) is 27.8 Å². The van der Waals surface area contributed by atoms with Crippen LogP contribution < -0.4 is 5.32 Å². The predicted octanol–water partition coefficient (Wildman–Crippen LogP) is 11.1. The zero-order valence-corrected chi connectivity index (χ0v) is 27.6. The van der Waals surface area contributed by atoms with E-state index in [2.05, 4.69) is 155 Å². The second kappa shape index (κ2) is 11.9. The lowest BCUT2D eigenvalue weighted by molar-refractivity contribution is 0.910. The maximum absolute atomic E-state index is 5.18. The maximum atomic E-state index is 5.18. The van der Waals surface area contributed by atoms with E-state index in [-0.39, 0.29) is 6.04 Å². The van der Waals surface area contributed by atoms with Crippen LogP contribution in [0.4, 0.5) is 5.82 Å². The van der Waals surface area contributed by atoms with Crippen LogP contribution in [0.15, 0.2) is 176 Å². The summed E-state index contributed by atoms with van der Waals surface area (Å²) >= 11 is 0. The Morgan fingerprint density at radius 3 is 2.02 bits per heavy atom. The molecule has 5 nitrogen and oxygen atoms in total. The van der Waals surface area contributed by atoms with Crippen molar-refractivity contribution in [2.45, 2.75) is 6.04 Å². The van der Waals surface area contributed by atoms with Gasteiger partial charge in [0.05, 0.1) is 17.3 Å². The SMILES string of the molecule is c1ccc(-c2ccc(-c3nc(-c4cccc(-c5ccc(C6Nc7c(nc8ccccn78)-c7ccccc76)cc5)c4)nc4ccccc34)cc2)cc1. The van der Waals surface area contributed by atoms with Crippen molar-refractivity contribution in [2.24, 2.45) is 0 Å². The normalized spacial score (nSPS) is 13.5. The molecule has 0 spiro atoms. The molecule has 0 radical (unpaired) electrons. The molecular weight excluding hydrogens is 623 g/mol. The summed E-state index contributed by atoms with van der Waals surface area (Å²) in [6.07, 6.45) is 2.07. The minimum absolute atomic E-state index is 0.000343. The van der Waals surface area contributed by atoms with Crippen LogP contribution in [0, 0.1) is 0 Å². The molecule has 9 aromatic rings. The van der Waals surface area contributed by atoms with E-state index in [1.807, 2.05) is 30.3 Å². The van der Waals surface area contributed by atoms with Gasteiger partial charge in [0.1, 0.15) is 17.2 Å². The molecule has 0 saturated heterocycles. The Morgan fingerprint density at radius 2 is 1.14 bits per heavy atom. The van der Waals surface area contributed by atoms with E-state index in [0.29, 0.717) is 5.82 Å². The van der Waals surface area contributed by atoms with Crippen LogP contribution in [0.5, 0.6) is 0 Å². The van der Waals surface area contributed by atoms with Crippen molar-refractivity contribution < 1.29 is 0 Å². The second-order valence-electron chi connectivity index (χ2n) is 13.0. The van der Waals surface area contributed by atoms with Crippen LogP contribution in [0.2, 0.25) is 0 Å². The number of aromatic nitrogens is 4. The molecule has 0 saturated carbocycles. The van der Waals surface area contributed by atoms with E-state index in [9.17, 15) is 0 Å². The number of nitrogens with one attached hydrogen (secondary N) is 1. The molecule has 3 aromatic heterocycles. The van der Waals surface area contributed by atoms with Crippen molar-refractivity contribution in [3.05, 3.63) is 187 Å². The Hall–Kier alpha value is -6.85. The van der Waals surface area contributed by atoms with Crippen LogP contribution in [-0.2, 0) is 0 Å². The van der Waals surface area contributed by atoms with Crippen LogP contribution in [-0.4, -0.2) is 19.4 Å².